The second-order valence-electron chi connectivity index (χ2n) is 4.54. The van der Waals surface area contributed by atoms with Gasteiger partial charge < -0.3 is 10.6 Å². The van der Waals surface area contributed by atoms with Gasteiger partial charge in [-0.3, -0.25) is 0 Å². The third kappa shape index (κ3) is 4.25. The molecule has 0 aromatic heterocycles. The van der Waals surface area contributed by atoms with Gasteiger partial charge in [-0.1, -0.05) is 25.3 Å². The molecule has 0 aliphatic heterocycles. The van der Waals surface area contributed by atoms with E-state index in [9.17, 15) is 0 Å². The van der Waals surface area contributed by atoms with Gasteiger partial charge in [-0.15, -0.1) is 6.58 Å². The summed E-state index contributed by atoms with van der Waals surface area (Å²) in [5.74, 6) is 0. The molecule has 0 heterocycles. The van der Waals surface area contributed by atoms with Gasteiger partial charge in [0.05, 0.1) is 0 Å². The van der Waals surface area contributed by atoms with Crippen molar-refractivity contribution >= 4 is 0 Å². The SMILES string of the molecule is C=CCNCCNC1(C)CCCCC1. The lowest BCUT2D eigenvalue weighted by molar-refractivity contribution is 0.255. The van der Waals surface area contributed by atoms with Crippen molar-refractivity contribution in [2.45, 2.75) is 44.6 Å². The van der Waals surface area contributed by atoms with E-state index in [0.29, 0.717) is 5.54 Å². The van der Waals surface area contributed by atoms with Crippen LogP contribution in [0.2, 0.25) is 0 Å². The van der Waals surface area contributed by atoms with Crippen molar-refractivity contribution in [2.75, 3.05) is 19.6 Å². The van der Waals surface area contributed by atoms with E-state index >= 15 is 0 Å². The first kappa shape index (κ1) is 11.7. The summed E-state index contributed by atoms with van der Waals surface area (Å²) in [6, 6.07) is 0. The molecule has 1 saturated carbocycles. The standard InChI is InChI=1S/C12H24N2/c1-3-9-13-10-11-14-12(2)7-5-4-6-8-12/h3,13-14H,1,4-11H2,2H3. The first-order valence-electron chi connectivity index (χ1n) is 5.83. The van der Waals surface area contributed by atoms with Crippen molar-refractivity contribution in [3.63, 3.8) is 0 Å². The van der Waals surface area contributed by atoms with E-state index in [0.717, 1.165) is 19.6 Å². The van der Waals surface area contributed by atoms with E-state index in [1.165, 1.54) is 32.1 Å². The van der Waals surface area contributed by atoms with Crippen molar-refractivity contribution in [1.29, 1.82) is 0 Å². The van der Waals surface area contributed by atoms with Crippen LogP contribution in [0.15, 0.2) is 12.7 Å². The maximum Gasteiger partial charge on any atom is 0.0153 e. The molecule has 0 atom stereocenters. The molecule has 0 bridgehead atoms. The molecule has 0 radical (unpaired) electrons. The smallest absolute Gasteiger partial charge is 0.0153 e. The molecular weight excluding hydrogens is 172 g/mol. The van der Waals surface area contributed by atoms with Crippen LogP contribution in [0.4, 0.5) is 0 Å². The minimum Gasteiger partial charge on any atom is -0.312 e. The first-order valence-corrected chi connectivity index (χ1v) is 5.83. The summed E-state index contributed by atoms with van der Waals surface area (Å²) in [5, 5.41) is 6.97. The average Bonchev–Trinajstić information content (AvgIpc) is 2.18. The molecule has 2 heteroatoms. The van der Waals surface area contributed by atoms with Crippen LogP contribution >= 0.6 is 0 Å². The summed E-state index contributed by atoms with van der Waals surface area (Å²) in [7, 11) is 0. The van der Waals surface area contributed by atoms with E-state index in [1.54, 1.807) is 0 Å². The van der Waals surface area contributed by atoms with Crippen LogP contribution in [0.25, 0.3) is 0 Å². The maximum atomic E-state index is 3.68. The molecular formula is C12H24N2. The molecule has 0 unspecified atom stereocenters. The maximum absolute atomic E-state index is 3.68. The second kappa shape index (κ2) is 6.20. The fraction of sp³-hybridized carbons (Fsp3) is 0.833. The lowest BCUT2D eigenvalue weighted by Crippen LogP contribution is -2.46. The minimum atomic E-state index is 0.411. The molecule has 0 aromatic carbocycles. The molecule has 14 heavy (non-hydrogen) atoms. The molecule has 1 aliphatic rings. The Balaban J connectivity index is 2.06. The molecule has 0 aromatic rings. The molecule has 0 saturated heterocycles. The van der Waals surface area contributed by atoms with Gasteiger partial charge in [0.2, 0.25) is 0 Å². The van der Waals surface area contributed by atoms with Crippen molar-refractivity contribution in [3.05, 3.63) is 12.7 Å². The van der Waals surface area contributed by atoms with Gasteiger partial charge >= 0.3 is 0 Å². The lowest BCUT2D eigenvalue weighted by Gasteiger charge is -2.34. The van der Waals surface area contributed by atoms with E-state index in [-0.39, 0.29) is 0 Å². The summed E-state index contributed by atoms with van der Waals surface area (Å²) in [5.41, 5.74) is 0.411. The first-order chi connectivity index (χ1) is 6.77. The third-order valence-corrected chi connectivity index (χ3v) is 3.10. The highest BCUT2D eigenvalue weighted by Gasteiger charge is 2.25. The van der Waals surface area contributed by atoms with Gasteiger partial charge in [0.25, 0.3) is 0 Å². The Kier molecular flexibility index (Phi) is 5.20. The highest BCUT2D eigenvalue weighted by Crippen LogP contribution is 2.26. The predicted octanol–water partition coefficient (Wildman–Crippen LogP) is 2.07. The molecule has 0 amide bonds. The zero-order valence-corrected chi connectivity index (χ0v) is 9.44. The quantitative estimate of drug-likeness (QED) is 0.502. The molecule has 2 nitrogen and oxygen atoms in total. The van der Waals surface area contributed by atoms with Crippen LogP contribution in [0.5, 0.6) is 0 Å². The fourth-order valence-electron chi connectivity index (χ4n) is 2.17. The van der Waals surface area contributed by atoms with E-state index in [2.05, 4.69) is 24.1 Å². The van der Waals surface area contributed by atoms with Gasteiger partial charge in [-0.2, -0.15) is 0 Å². The number of nitrogens with one attached hydrogen (secondary N) is 2. The monoisotopic (exact) mass is 196 g/mol. The Morgan fingerprint density at radius 2 is 1.93 bits per heavy atom. The van der Waals surface area contributed by atoms with E-state index in [4.69, 9.17) is 0 Å². The van der Waals surface area contributed by atoms with Crippen LogP contribution in [-0.4, -0.2) is 25.2 Å². The van der Waals surface area contributed by atoms with Crippen molar-refractivity contribution in [2.24, 2.45) is 0 Å². The zero-order chi connectivity index (χ0) is 10.3. The van der Waals surface area contributed by atoms with Crippen LogP contribution < -0.4 is 10.6 Å². The topological polar surface area (TPSA) is 24.1 Å². The second-order valence-corrected chi connectivity index (χ2v) is 4.54. The molecule has 2 N–H and O–H groups in total. The summed E-state index contributed by atoms with van der Waals surface area (Å²) in [4.78, 5) is 0. The average molecular weight is 196 g/mol. The highest BCUT2D eigenvalue weighted by atomic mass is 15.0. The number of hydrogen-bond donors (Lipinski definition) is 2. The van der Waals surface area contributed by atoms with Gasteiger partial charge in [-0.25, -0.2) is 0 Å². The largest absolute Gasteiger partial charge is 0.312 e. The van der Waals surface area contributed by atoms with E-state index < -0.39 is 0 Å². The number of hydrogen-bond acceptors (Lipinski definition) is 2. The van der Waals surface area contributed by atoms with Crippen molar-refractivity contribution in [3.8, 4) is 0 Å². The van der Waals surface area contributed by atoms with Crippen LogP contribution in [0.1, 0.15) is 39.0 Å². The summed E-state index contributed by atoms with van der Waals surface area (Å²) in [6.07, 6.45) is 8.80. The van der Waals surface area contributed by atoms with Crippen LogP contribution in [0.3, 0.4) is 0 Å². The fourth-order valence-corrected chi connectivity index (χ4v) is 2.17. The molecule has 1 fully saturated rings. The summed E-state index contributed by atoms with van der Waals surface area (Å²) >= 11 is 0. The Morgan fingerprint density at radius 1 is 1.21 bits per heavy atom. The summed E-state index contributed by atoms with van der Waals surface area (Å²) < 4.78 is 0. The Bertz CT molecular complexity index is 160. The normalized spacial score (nSPS) is 20.6. The molecule has 0 spiro atoms. The summed E-state index contributed by atoms with van der Waals surface area (Å²) in [6.45, 7) is 9.07. The number of rotatable bonds is 6. The van der Waals surface area contributed by atoms with Gasteiger partial charge in [0, 0.05) is 25.2 Å². The molecule has 82 valence electrons. The van der Waals surface area contributed by atoms with Crippen molar-refractivity contribution in [1.82, 2.24) is 10.6 Å². The zero-order valence-electron chi connectivity index (χ0n) is 9.44. The lowest BCUT2D eigenvalue weighted by atomic mass is 9.83. The van der Waals surface area contributed by atoms with Gasteiger partial charge in [0.1, 0.15) is 0 Å². The predicted molar refractivity (Wildman–Crippen MR) is 62.6 cm³/mol. The highest BCUT2D eigenvalue weighted by molar-refractivity contribution is 4.86. The Morgan fingerprint density at radius 3 is 2.57 bits per heavy atom. The van der Waals surface area contributed by atoms with Crippen molar-refractivity contribution < 1.29 is 0 Å². The Hall–Kier alpha value is -0.340. The van der Waals surface area contributed by atoms with Gasteiger partial charge in [0.15, 0.2) is 0 Å². The minimum absolute atomic E-state index is 0.411. The van der Waals surface area contributed by atoms with E-state index in [1.807, 2.05) is 6.08 Å². The van der Waals surface area contributed by atoms with Crippen LogP contribution in [0, 0.1) is 0 Å². The van der Waals surface area contributed by atoms with Gasteiger partial charge in [-0.05, 0) is 19.8 Å². The molecule has 1 aliphatic carbocycles. The Labute approximate surface area is 88.2 Å². The molecule has 1 rings (SSSR count). The van der Waals surface area contributed by atoms with Crippen LogP contribution in [-0.2, 0) is 0 Å². The third-order valence-electron chi connectivity index (χ3n) is 3.10.